The molecule has 18 heavy (non-hydrogen) atoms. The summed E-state index contributed by atoms with van der Waals surface area (Å²) in [4.78, 5) is 12.1. The van der Waals surface area contributed by atoms with Crippen LogP contribution in [0.25, 0.3) is 0 Å². The van der Waals surface area contributed by atoms with Crippen molar-refractivity contribution in [3.05, 3.63) is 24.0 Å². The zero-order chi connectivity index (χ0) is 13.2. The molecule has 98 valence electrons. The van der Waals surface area contributed by atoms with E-state index in [1.54, 1.807) is 0 Å². The van der Waals surface area contributed by atoms with Gasteiger partial charge in [-0.15, -0.1) is 0 Å². The van der Waals surface area contributed by atoms with E-state index in [0.29, 0.717) is 5.75 Å². The molecule has 1 heterocycles. The highest BCUT2D eigenvalue weighted by molar-refractivity contribution is 5.98. The number of carbonyl (C=O) groups excluding carboxylic acids is 1. The van der Waals surface area contributed by atoms with Gasteiger partial charge in [0.05, 0.1) is 18.3 Å². The highest BCUT2D eigenvalue weighted by Gasteiger charge is 2.36. The number of ether oxygens (including phenoxy) is 1. The fourth-order valence-electron chi connectivity index (χ4n) is 2.08. The molecule has 0 spiro atoms. The van der Waals surface area contributed by atoms with Gasteiger partial charge in [0, 0.05) is 6.07 Å². The molecule has 1 atom stereocenters. The van der Waals surface area contributed by atoms with Crippen molar-refractivity contribution in [1.29, 1.82) is 0 Å². The number of anilines is 1. The normalized spacial score (nSPS) is 22.8. The van der Waals surface area contributed by atoms with E-state index in [1.165, 1.54) is 25.3 Å². The van der Waals surface area contributed by atoms with E-state index in [4.69, 9.17) is 4.74 Å². The summed E-state index contributed by atoms with van der Waals surface area (Å²) in [6.07, 6.45) is 1.70. The van der Waals surface area contributed by atoms with Crippen molar-refractivity contribution in [3.63, 3.8) is 0 Å². The summed E-state index contributed by atoms with van der Waals surface area (Å²) in [6, 6.07) is 4.27. The Labute approximate surface area is 106 Å². The monoisotopic (exact) mass is 252 g/mol. The maximum Gasteiger partial charge on any atom is 0.244 e. The topological polar surface area (TPSA) is 50.4 Å². The predicted octanol–water partition coefficient (Wildman–Crippen LogP) is 1.91. The maximum absolute atomic E-state index is 13.6. The number of hydrogen-bond acceptors (Lipinski definition) is 3. The zero-order valence-corrected chi connectivity index (χ0v) is 10.5. The lowest BCUT2D eigenvalue weighted by Gasteiger charge is -2.23. The Hall–Kier alpha value is -1.62. The van der Waals surface area contributed by atoms with Gasteiger partial charge in [0.15, 0.2) is 0 Å². The van der Waals surface area contributed by atoms with Crippen LogP contribution in [-0.2, 0) is 4.79 Å². The molecule has 0 bridgehead atoms. The minimum absolute atomic E-state index is 0.147. The molecule has 5 heteroatoms. The van der Waals surface area contributed by atoms with Crippen molar-refractivity contribution in [1.82, 2.24) is 5.32 Å². The van der Waals surface area contributed by atoms with Crippen molar-refractivity contribution < 1.29 is 13.9 Å². The van der Waals surface area contributed by atoms with E-state index in [-0.39, 0.29) is 11.6 Å². The van der Waals surface area contributed by atoms with E-state index in [0.717, 1.165) is 19.4 Å². The quantitative estimate of drug-likeness (QED) is 0.864. The summed E-state index contributed by atoms with van der Waals surface area (Å²) in [5, 5.41) is 5.75. The minimum atomic E-state index is -0.616. The van der Waals surface area contributed by atoms with Crippen LogP contribution >= 0.6 is 0 Å². The number of rotatable bonds is 3. The molecule has 1 unspecified atom stereocenters. The second-order valence-electron chi connectivity index (χ2n) is 4.66. The first-order valence-corrected chi connectivity index (χ1v) is 5.95. The number of amides is 1. The lowest BCUT2D eigenvalue weighted by atomic mass is 9.99. The van der Waals surface area contributed by atoms with Crippen LogP contribution in [0.4, 0.5) is 10.1 Å². The number of benzene rings is 1. The molecule has 2 N–H and O–H groups in total. The Morgan fingerprint density at radius 2 is 2.33 bits per heavy atom. The maximum atomic E-state index is 13.6. The van der Waals surface area contributed by atoms with Crippen LogP contribution in [0.1, 0.15) is 19.8 Å². The van der Waals surface area contributed by atoms with Gasteiger partial charge in [0.2, 0.25) is 5.91 Å². The van der Waals surface area contributed by atoms with Gasteiger partial charge in [0.1, 0.15) is 11.6 Å². The third-order valence-electron chi connectivity index (χ3n) is 3.29. The van der Waals surface area contributed by atoms with E-state index >= 15 is 0 Å². The molecule has 0 radical (unpaired) electrons. The second kappa shape index (κ2) is 4.94. The molecule has 1 saturated heterocycles. The molecule has 1 aromatic carbocycles. The number of hydrogen-bond donors (Lipinski definition) is 2. The van der Waals surface area contributed by atoms with Crippen LogP contribution in [0.15, 0.2) is 18.2 Å². The average molecular weight is 252 g/mol. The SMILES string of the molecule is COc1ccc(F)c(NC(=O)C2(C)CCCN2)c1. The van der Waals surface area contributed by atoms with E-state index in [1.807, 2.05) is 6.92 Å². The van der Waals surface area contributed by atoms with E-state index < -0.39 is 11.4 Å². The Bertz CT molecular complexity index is 456. The van der Waals surface area contributed by atoms with Gasteiger partial charge >= 0.3 is 0 Å². The van der Waals surface area contributed by atoms with Gasteiger partial charge < -0.3 is 15.4 Å². The first kappa shape index (κ1) is 12.8. The third-order valence-corrected chi connectivity index (χ3v) is 3.29. The van der Waals surface area contributed by atoms with Gasteiger partial charge in [-0.25, -0.2) is 4.39 Å². The Morgan fingerprint density at radius 3 is 2.94 bits per heavy atom. The Balaban J connectivity index is 2.16. The second-order valence-corrected chi connectivity index (χ2v) is 4.66. The molecule has 1 aliphatic heterocycles. The first-order chi connectivity index (χ1) is 8.55. The smallest absolute Gasteiger partial charge is 0.244 e. The molecule has 0 saturated carbocycles. The van der Waals surface area contributed by atoms with E-state index in [2.05, 4.69) is 10.6 Å². The first-order valence-electron chi connectivity index (χ1n) is 5.95. The van der Waals surface area contributed by atoms with Gasteiger partial charge in [-0.05, 0) is 38.4 Å². The van der Waals surface area contributed by atoms with Crippen LogP contribution in [0, 0.1) is 5.82 Å². The van der Waals surface area contributed by atoms with Crippen LogP contribution in [0.5, 0.6) is 5.75 Å². The summed E-state index contributed by atoms with van der Waals surface area (Å²) < 4.78 is 18.6. The van der Waals surface area contributed by atoms with Crippen LogP contribution in [0.3, 0.4) is 0 Å². The highest BCUT2D eigenvalue weighted by Crippen LogP contribution is 2.24. The summed E-state index contributed by atoms with van der Waals surface area (Å²) in [6.45, 7) is 2.64. The van der Waals surface area contributed by atoms with Gasteiger partial charge in [-0.2, -0.15) is 0 Å². The molecule has 1 aromatic rings. The summed E-state index contributed by atoms with van der Waals surface area (Å²) in [5.74, 6) is -0.172. The zero-order valence-electron chi connectivity index (χ0n) is 10.5. The fourth-order valence-corrected chi connectivity index (χ4v) is 2.08. The van der Waals surface area contributed by atoms with Crippen molar-refractivity contribution >= 4 is 11.6 Å². The number of methoxy groups -OCH3 is 1. The number of halogens is 1. The lowest BCUT2D eigenvalue weighted by Crippen LogP contribution is -2.48. The van der Waals surface area contributed by atoms with Gasteiger partial charge in [-0.3, -0.25) is 4.79 Å². The van der Waals surface area contributed by atoms with Crippen LogP contribution < -0.4 is 15.4 Å². The average Bonchev–Trinajstić information content (AvgIpc) is 2.80. The molecule has 1 fully saturated rings. The van der Waals surface area contributed by atoms with Crippen LogP contribution in [-0.4, -0.2) is 25.1 Å². The van der Waals surface area contributed by atoms with Crippen molar-refractivity contribution in [2.75, 3.05) is 19.0 Å². The molecule has 0 aliphatic carbocycles. The summed E-state index contributed by atoms with van der Waals surface area (Å²) in [5.41, 5.74) is -0.468. The van der Waals surface area contributed by atoms with E-state index in [9.17, 15) is 9.18 Å². The minimum Gasteiger partial charge on any atom is -0.497 e. The summed E-state index contributed by atoms with van der Waals surface area (Å²) >= 11 is 0. The van der Waals surface area contributed by atoms with Gasteiger partial charge in [-0.1, -0.05) is 0 Å². The molecular weight excluding hydrogens is 235 g/mol. The summed E-state index contributed by atoms with van der Waals surface area (Å²) in [7, 11) is 1.50. The lowest BCUT2D eigenvalue weighted by molar-refractivity contribution is -0.121. The number of carbonyl (C=O) groups is 1. The van der Waals surface area contributed by atoms with Crippen molar-refractivity contribution in [3.8, 4) is 5.75 Å². The predicted molar refractivity (Wildman–Crippen MR) is 67.2 cm³/mol. The highest BCUT2D eigenvalue weighted by atomic mass is 19.1. The van der Waals surface area contributed by atoms with Crippen LogP contribution in [0.2, 0.25) is 0 Å². The number of nitrogens with one attached hydrogen (secondary N) is 2. The Kier molecular flexibility index (Phi) is 3.52. The molecule has 4 nitrogen and oxygen atoms in total. The Morgan fingerprint density at radius 1 is 1.56 bits per heavy atom. The molecular formula is C13H17FN2O2. The third kappa shape index (κ3) is 2.46. The fraction of sp³-hybridized carbons (Fsp3) is 0.462. The molecule has 0 aromatic heterocycles. The molecule has 1 aliphatic rings. The standard InChI is InChI=1S/C13H17FN2O2/c1-13(6-3-7-15-13)12(17)16-11-8-9(18-2)4-5-10(11)14/h4-5,8,15H,3,6-7H2,1-2H3,(H,16,17). The molecule has 2 rings (SSSR count). The molecule has 1 amide bonds. The largest absolute Gasteiger partial charge is 0.497 e. The van der Waals surface area contributed by atoms with Crippen molar-refractivity contribution in [2.24, 2.45) is 0 Å². The van der Waals surface area contributed by atoms with Crippen molar-refractivity contribution in [2.45, 2.75) is 25.3 Å². The van der Waals surface area contributed by atoms with Gasteiger partial charge in [0.25, 0.3) is 0 Å².